The predicted molar refractivity (Wildman–Crippen MR) is 55.1 cm³/mol. The van der Waals surface area contributed by atoms with Crippen LogP contribution in [-0.2, 0) is 0 Å². The Labute approximate surface area is 85.0 Å². The van der Waals surface area contributed by atoms with E-state index in [1.165, 1.54) is 0 Å². The van der Waals surface area contributed by atoms with Crippen molar-refractivity contribution in [3.63, 3.8) is 0 Å². The quantitative estimate of drug-likeness (QED) is 0.843. The first-order valence-electron chi connectivity index (χ1n) is 3.55. The van der Waals surface area contributed by atoms with Gasteiger partial charge in [0.1, 0.15) is 0 Å². The summed E-state index contributed by atoms with van der Waals surface area (Å²) in [4.78, 5) is 0. The molecule has 0 fully saturated rings. The van der Waals surface area contributed by atoms with Gasteiger partial charge in [0.2, 0.25) is 0 Å². The summed E-state index contributed by atoms with van der Waals surface area (Å²) in [6, 6.07) is 5.42. The van der Waals surface area contributed by atoms with Crippen molar-refractivity contribution in [3.05, 3.63) is 33.3 Å². The van der Waals surface area contributed by atoms with Gasteiger partial charge in [0.15, 0.2) is 0 Å². The second-order valence-corrected chi connectivity index (χ2v) is 3.90. The van der Waals surface area contributed by atoms with Crippen LogP contribution in [0.4, 0.5) is 0 Å². The highest BCUT2D eigenvalue weighted by Gasteiger charge is 2.04. The normalized spacial score (nSPS) is 13.0. The summed E-state index contributed by atoms with van der Waals surface area (Å²) in [6.07, 6.45) is 0. The van der Waals surface area contributed by atoms with Gasteiger partial charge in [-0.05, 0) is 23.8 Å². The Morgan fingerprint density at radius 3 is 2.58 bits per heavy atom. The average Bonchev–Trinajstić information content (AvgIpc) is 2.01. The molecule has 1 aromatic carbocycles. The SMILES string of the molecule is NC[C@H](N)c1cc(Cl)cc(Br)c1. The van der Waals surface area contributed by atoms with Gasteiger partial charge < -0.3 is 11.5 Å². The van der Waals surface area contributed by atoms with Crippen LogP contribution >= 0.6 is 27.5 Å². The third kappa shape index (κ3) is 2.45. The fourth-order valence-electron chi connectivity index (χ4n) is 0.925. The maximum absolute atomic E-state index is 5.82. The minimum absolute atomic E-state index is 0.139. The molecule has 1 atom stereocenters. The Morgan fingerprint density at radius 2 is 2.08 bits per heavy atom. The lowest BCUT2D eigenvalue weighted by atomic mass is 10.1. The molecule has 12 heavy (non-hydrogen) atoms. The Morgan fingerprint density at radius 1 is 1.42 bits per heavy atom. The van der Waals surface area contributed by atoms with Crippen LogP contribution in [-0.4, -0.2) is 6.54 Å². The molecule has 2 nitrogen and oxygen atoms in total. The summed E-state index contributed by atoms with van der Waals surface area (Å²) in [6.45, 7) is 0.423. The second kappa shape index (κ2) is 4.23. The summed E-state index contributed by atoms with van der Waals surface area (Å²) in [7, 11) is 0. The molecule has 0 radical (unpaired) electrons. The van der Waals surface area contributed by atoms with Gasteiger partial charge in [-0.25, -0.2) is 0 Å². The van der Waals surface area contributed by atoms with Gasteiger partial charge in [0, 0.05) is 22.1 Å². The third-order valence-electron chi connectivity index (χ3n) is 1.57. The third-order valence-corrected chi connectivity index (χ3v) is 2.24. The second-order valence-electron chi connectivity index (χ2n) is 2.54. The molecule has 0 spiro atoms. The molecule has 66 valence electrons. The van der Waals surface area contributed by atoms with Crippen molar-refractivity contribution in [3.8, 4) is 0 Å². The summed E-state index contributed by atoms with van der Waals surface area (Å²) in [5.74, 6) is 0. The topological polar surface area (TPSA) is 52.0 Å². The molecule has 1 aromatic rings. The summed E-state index contributed by atoms with van der Waals surface area (Å²) < 4.78 is 0.925. The van der Waals surface area contributed by atoms with E-state index in [4.69, 9.17) is 23.1 Å². The first-order valence-corrected chi connectivity index (χ1v) is 4.72. The number of rotatable bonds is 2. The van der Waals surface area contributed by atoms with Gasteiger partial charge >= 0.3 is 0 Å². The summed E-state index contributed by atoms with van der Waals surface area (Å²) in [5.41, 5.74) is 12.1. The van der Waals surface area contributed by atoms with E-state index in [0.717, 1.165) is 10.0 Å². The monoisotopic (exact) mass is 248 g/mol. The van der Waals surface area contributed by atoms with Gasteiger partial charge in [-0.3, -0.25) is 0 Å². The van der Waals surface area contributed by atoms with Crippen molar-refractivity contribution in [1.29, 1.82) is 0 Å². The molecule has 0 saturated heterocycles. The van der Waals surface area contributed by atoms with E-state index in [2.05, 4.69) is 15.9 Å². The number of nitrogens with two attached hydrogens (primary N) is 2. The standard InChI is InChI=1S/C8H10BrClN2/c9-6-1-5(8(12)4-11)2-7(10)3-6/h1-3,8H,4,11-12H2/t8-/m0/s1. The Kier molecular flexibility index (Phi) is 3.53. The Hall–Kier alpha value is -0.0900. The lowest BCUT2D eigenvalue weighted by Gasteiger charge is -2.09. The van der Waals surface area contributed by atoms with Crippen molar-refractivity contribution in [2.24, 2.45) is 11.5 Å². The summed E-state index contributed by atoms with van der Waals surface area (Å²) in [5, 5.41) is 0.670. The van der Waals surface area contributed by atoms with Crippen LogP contribution < -0.4 is 11.5 Å². The van der Waals surface area contributed by atoms with Crippen LogP contribution in [0.3, 0.4) is 0 Å². The highest BCUT2D eigenvalue weighted by atomic mass is 79.9. The molecule has 0 amide bonds. The molecule has 4 heteroatoms. The minimum atomic E-state index is -0.139. The molecule has 0 aliphatic rings. The maximum atomic E-state index is 5.82. The van der Waals surface area contributed by atoms with Crippen LogP contribution in [0.5, 0.6) is 0 Å². The molecule has 0 heterocycles. The molecule has 0 unspecified atom stereocenters. The molecule has 0 aliphatic heterocycles. The largest absolute Gasteiger partial charge is 0.329 e. The fourth-order valence-corrected chi connectivity index (χ4v) is 1.81. The van der Waals surface area contributed by atoms with Gasteiger partial charge in [0.25, 0.3) is 0 Å². The van der Waals surface area contributed by atoms with Crippen LogP contribution in [0.1, 0.15) is 11.6 Å². The van der Waals surface area contributed by atoms with E-state index in [0.29, 0.717) is 11.6 Å². The van der Waals surface area contributed by atoms with E-state index < -0.39 is 0 Å². The molecule has 4 N–H and O–H groups in total. The Bertz CT molecular complexity index is 258. The lowest BCUT2D eigenvalue weighted by molar-refractivity contribution is 0.737. The van der Waals surface area contributed by atoms with Gasteiger partial charge in [-0.15, -0.1) is 0 Å². The van der Waals surface area contributed by atoms with Crippen molar-refractivity contribution < 1.29 is 0 Å². The van der Waals surface area contributed by atoms with Crippen LogP contribution in [0, 0.1) is 0 Å². The number of halogens is 2. The number of hydrogen-bond donors (Lipinski definition) is 2. The fraction of sp³-hybridized carbons (Fsp3) is 0.250. The predicted octanol–water partition coefficient (Wildman–Crippen LogP) is 2.06. The minimum Gasteiger partial charge on any atom is -0.329 e. The summed E-state index contributed by atoms with van der Waals surface area (Å²) >= 11 is 9.15. The number of benzene rings is 1. The highest BCUT2D eigenvalue weighted by Crippen LogP contribution is 2.22. The highest BCUT2D eigenvalue weighted by molar-refractivity contribution is 9.10. The smallest absolute Gasteiger partial charge is 0.0420 e. The molecular weight excluding hydrogens is 239 g/mol. The lowest BCUT2D eigenvalue weighted by Crippen LogP contribution is -2.20. The average molecular weight is 250 g/mol. The van der Waals surface area contributed by atoms with Crippen LogP contribution in [0.25, 0.3) is 0 Å². The molecule has 1 rings (SSSR count). The Balaban J connectivity index is 3.00. The van der Waals surface area contributed by atoms with Gasteiger partial charge in [0.05, 0.1) is 0 Å². The molecule has 0 aromatic heterocycles. The van der Waals surface area contributed by atoms with Gasteiger partial charge in [-0.1, -0.05) is 27.5 Å². The first kappa shape index (κ1) is 9.99. The van der Waals surface area contributed by atoms with E-state index in [1.807, 2.05) is 18.2 Å². The molecule has 0 saturated carbocycles. The zero-order chi connectivity index (χ0) is 9.14. The van der Waals surface area contributed by atoms with Gasteiger partial charge in [-0.2, -0.15) is 0 Å². The van der Waals surface area contributed by atoms with E-state index in [9.17, 15) is 0 Å². The molecule has 0 aliphatic carbocycles. The zero-order valence-corrected chi connectivity index (χ0v) is 8.77. The van der Waals surface area contributed by atoms with Crippen LogP contribution in [0.15, 0.2) is 22.7 Å². The number of hydrogen-bond acceptors (Lipinski definition) is 2. The van der Waals surface area contributed by atoms with E-state index in [1.54, 1.807) is 0 Å². The van der Waals surface area contributed by atoms with Crippen molar-refractivity contribution in [2.45, 2.75) is 6.04 Å². The molecule has 0 bridgehead atoms. The zero-order valence-electron chi connectivity index (χ0n) is 6.43. The van der Waals surface area contributed by atoms with E-state index >= 15 is 0 Å². The maximum Gasteiger partial charge on any atom is 0.0420 e. The van der Waals surface area contributed by atoms with Crippen molar-refractivity contribution >= 4 is 27.5 Å². The van der Waals surface area contributed by atoms with Crippen LogP contribution in [0.2, 0.25) is 5.02 Å². The molecular formula is C8H10BrClN2. The van der Waals surface area contributed by atoms with Crippen molar-refractivity contribution in [2.75, 3.05) is 6.54 Å². The first-order chi connectivity index (χ1) is 5.63. The van der Waals surface area contributed by atoms with E-state index in [-0.39, 0.29) is 6.04 Å². The van der Waals surface area contributed by atoms with Crippen molar-refractivity contribution in [1.82, 2.24) is 0 Å².